The fourth-order valence-corrected chi connectivity index (χ4v) is 2.79. The van der Waals surface area contributed by atoms with Crippen LogP contribution >= 0.6 is 0 Å². The molecule has 0 saturated heterocycles. The van der Waals surface area contributed by atoms with Gasteiger partial charge in [0.05, 0.1) is 26.7 Å². The van der Waals surface area contributed by atoms with Gasteiger partial charge in [-0.15, -0.1) is 0 Å². The standard InChI is InChI=1S/C17H17O4.CHF3O3S/c1-18-11-7-5-10-6-8-12(19-2)17-14(21-4)9-13(20-3)16(11)15(10)17;2-1(3,4)8(5,6)7/h5-9H,1-4H3;(H,5,6,7)/q+1;/p-1. The smallest absolute Gasteiger partial charge is 0.485 e. The van der Waals surface area contributed by atoms with Gasteiger partial charge in [-0.05, 0) is 17.7 Å². The molecule has 0 saturated carbocycles. The van der Waals surface area contributed by atoms with Gasteiger partial charge in [-0.25, -0.2) is 8.42 Å². The molecule has 1 aliphatic rings. The highest BCUT2D eigenvalue weighted by atomic mass is 32.2. The normalized spacial score (nSPS) is 14.4. The molecule has 11 heteroatoms. The molecule has 0 radical (unpaired) electrons. The highest BCUT2D eigenvalue weighted by Gasteiger charge is 2.37. The minimum atomic E-state index is -6.09. The maximum Gasteiger partial charge on any atom is 0.485 e. The summed E-state index contributed by atoms with van der Waals surface area (Å²) in [5.74, 6) is 2.96. The van der Waals surface area contributed by atoms with Crippen LogP contribution in [0, 0.1) is 0 Å². The summed E-state index contributed by atoms with van der Waals surface area (Å²) < 4.78 is 80.9. The van der Waals surface area contributed by atoms with E-state index in [9.17, 15) is 13.2 Å². The van der Waals surface area contributed by atoms with E-state index in [0.717, 1.165) is 44.9 Å². The average molecular weight is 434 g/mol. The van der Waals surface area contributed by atoms with Crippen molar-refractivity contribution in [2.75, 3.05) is 28.4 Å². The van der Waals surface area contributed by atoms with Gasteiger partial charge in [0.1, 0.15) is 22.8 Å². The summed E-state index contributed by atoms with van der Waals surface area (Å²) in [6.07, 6.45) is 3.96. The largest absolute Gasteiger partial charge is 0.741 e. The van der Waals surface area contributed by atoms with Crippen LogP contribution in [-0.4, -0.2) is 52.7 Å². The first kappa shape index (κ1) is 22.5. The van der Waals surface area contributed by atoms with E-state index in [1.165, 1.54) is 0 Å². The van der Waals surface area contributed by atoms with Crippen molar-refractivity contribution in [3.8, 4) is 17.2 Å². The highest BCUT2D eigenvalue weighted by Crippen LogP contribution is 2.44. The third kappa shape index (κ3) is 4.30. The second-order valence-electron chi connectivity index (χ2n) is 5.56. The zero-order chi connectivity index (χ0) is 22.0. The fraction of sp³-hybridized carbons (Fsp3) is 0.278. The molecule has 2 aromatic carbocycles. The summed E-state index contributed by atoms with van der Waals surface area (Å²) in [6.45, 7) is 0. The van der Waals surface area contributed by atoms with E-state index >= 15 is 0 Å². The van der Waals surface area contributed by atoms with Gasteiger partial charge < -0.3 is 18.8 Å². The molecule has 158 valence electrons. The van der Waals surface area contributed by atoms with Gasteiger partial charge in [0.15, 0.2) is 10.1 Å². The summed E-state index contributed by atoms with van der Waals surface area (Å²) in [6, 6.07) is 5.83. The molecule has 0 N–H and O–H groups in total. The number of rotatable bonds is 3. The Morgan fingerprint density at radius 1 is 0.931 bits per heavy atom. The summed E-state index contributed by atoms with van der Waals surface area (Å²) in [4.78, 5) is 0. The maximum absolute atomic E-state index is 10.7. The molecule has 0 amide bonds. The van der Waals surface area contributed by atoms with Crippen molar-refractivity contribution < 1.29 is 44.8 Å². The number of hydrogen-bond donors (Lipinski definition) is 0. The van der Waals surface area contributed by atoms with Crippen molar-refractivity contribution in [3.63, 3.8) is 0 Å². The van der Waals surface area contributed by atoms with Crippen LogP contribution in [0.4, 0.5) is 13.2 Å². The van der Waals surface area contributed by atoms with Crippen LogP contribution < -0.4 is 14.2 Å². The first-order chi connectivity index (χ1) is 13.5. The summed E-state index contributed by atoms with van der Waals surface area (Å²) in [7, 11) is 0.499. The van der Waals surface area contributed by atoms with E-state index in [2.05, 4.69) is 0 Å². The van der Waals surface area contributed by atoms with Crippen molar-refractivity contribution >= 4 is 32.7 Å². The summed E-state index contributed by atoms with van der Waals surface area (Å²) >= 11 is 0. The van der Waals surface area contributed by atoms with Gasteiger partial charge in [-0.1, -0.05) is 6.07 Å². The highest BCUT2D eigenvalue weighted by molar-refractivity contribution is 7.86. The number of halogens is 3. The molecule has 0 unspecified atom stereocenters. The van der Waals surface area contributed by atoms with E-state index in [1.54, 1.807) is 28.4 Å². The van der Waals surface area contributed by atoms with Crippen LogP contribution in [0.1, 0.15) is 15.6 Å². The summed E-state index contributed by atoms with van der Waals surface area (Å²) in [5, 5.41) is 1.94. The number of carbonyl (C=O) groups excluding carboxylic acids is 1. The third-order valence-electron chi connectivity index (χ3n) is 4.03. The molecular weight excluding hydrogens is 417 g/mol. The molecule has 0 aromatic heterocycles. The monoisotopic (exact) mass is 434 g/mol. The lowest BCUT2D eigenvalue weighted by molar-refractivity contribution is -0.222. The van der Waals surface area contributed by atoms with Crippen molar-refractivity contribution in [2.24, 2.45) is 0 Å². The zero-order valence-corrected chi connectivity index (χ0v) is 16.6. The Bertz CT molecular complexity index is 1090. The van der Waals surface area contributed by atoms with Crippen LogP contribution in [0.15, 0.2) is 24.3 Å². The predicted molar refractivity (Wildman–Crippen MR) is 98.6 cm³/mol. The van der Waals surface area contributed by atoms with E-state index in [0.29, 0.717) is 0 Å². The minimum absolute atomic E-state index is 0.718. The van der Waals surface area contributed by atoms with Crippen LogP contribution in [0.3, 0.4) is 0 Å². The van der Waals surface area contributed by atoms with Crippen molar-refractivity contribution in [1.29, 1.82) is 0 Å². The third-order valence-corrected chi connectivity index (χ3v) is 4.60. The Morgan fingerprint density at radius 3 is 1.93 bits per heavy atom. The number of methoxy groups -OCH3 is 3. The maximum atomic E-state index is 10.7. The van der Waals surface area contributed by atoms with Crippen LogP contribution in [-0.2, 0) is 10.1 Å². The zero-order valence-electron chi connectivity index (χ0n) is 15.8. The molecule has 0 atom stereocenters. The minimum Gasteiger partial charge on any atom is -0.741 e. The number of alkyl halides is 3. The van der Waals surface area contributed by atoms with Crippen LogP contribution in [0.25, 0.3) is 16.8 Å². The van der Waals surface area contributed by atoms with Crippen LogP contribution in [0.2, 0.25) is 0 Å². The van der Waals surface area contributed by atoms with Gasteiger partial charge >= 0.3 is 11.3 Å². The SMILES string of the molecule is COc1cc(OC)c2c(OC)ccc3c2c1C(=[O+]C)C=C3.O=S(=O)([O-])C(F)(F)F. The fourth-order valence-electron chi connectivity index (χ4n) is 2.79. The van der Waals surface area contributed by atoms with E-state index in [4.69, 9.17) is 31.6 Å². The van der Waals surface area contributed by atoms with E-state index in [1.807, 2.05) is 30.4 Å². The van der Waals surface area contributed by atoms with Gasteiger partial charge in [0, 0.05) is 17.5 Å². The quantitative estimate of drug-likeness (QED) is 0.418. The van der Waals surface area contributed by atoms with Gasteiger partial charge in [-0.2, -0.15) is 13.2 Å². The molecule has 7 nitrogen and oxygen atoms in total. The number of benzene rings is 2. The Balaban J connectivity index is 0.000000321. The van der Waals surface area contributed by atoms with E-state index in [-0.39, 0.29) is 0 Å². The molecule has 0 spiro atoms. The molecular formula is C18H17F3O7S. The second-order valence-corrected chi connectivity index (χ2v) is 6.94. The first-order valence-electron chi connectivity index (χ1n) is 7.87. The van der Waals surface area contributed by atoms with Gasteiger partial charge in [0.25, 0.3) is 7.11 Å². The second kappa shape index (κ2) is 8.29. The molecule has 1 aliphatic carbocycles. The molecule has 2 aromatic rings. The topological polar surface area (TPSA) is 96.2 Å². The predicted octanol–water partition coefficient (Wildman–Crippen LogP) is 3.29. The first-order valence-corrected chi connectivity index (χ1v) is 9.28. The lowest BCUT2D eigenvalue weighted by Crippen LogP contribution is -2.21. The Hall–Kier alpha value is -2.79. The summed E-state index contributed by atoms with van der Waals surface area (Å²) in [5.41, 5.74) is -3.64. The molecule has 29 heavy (non-hydrogen) atoms. The Morgan fingerprint density at radius 2 is 1.48 bits per heavy atom. The number of allylic oxidation sites excluding steroid dienone is 1. The lowest BCUT2D eigenvalue weighted by Gasteiger charge is -2.18. The van der Waals surface area contributed by atoms with Crippen molar-refractivity contribution in [3.05, 3.63) is 35.4 Å². The van der Waals surface area contributed by atoms with Crippen molar-refractivity contribution in [2.45, 2.75) is 5.51 Å². The average Bonchev–Trinajstić information content (AvgIpc) is 2.67. The van der Waals surface area contributed by atoms with Crippen molar-refractivity contribution in [1.82, 2.24) is 0 Å². The lowest BCUT2D eigenvalue weighted by atomic mass is 9.90. The van der Waals surface area contributed by atoms with Crippen LogP contribution in [0.5, 0.6) is 17.2 Å². The number of hydrogen-bond acceptors (Lipinski definition) is 6. The molecule has 0 bridgehead atoms. The molecule has 0 aliphatic heterocycles. The van der Waals surface area contributed by atoms with Gasteiger partial charge in [-0.3, -0.25) is 4.42 Å². The Labute approximate surface area is 164 Å². The Kier molecular flexibility index (Phi) is 6.43. The number of ketones is 1. The number of ether oxygens (including phenoxy) is 3. The molecule has 3 rings (SSSR count). The van der Waals surface area contributed by atoms with Gasteiger partial charge in [0.2, 0.25) is 0 Å². The molecule has 0 heterocycles. The molecule has 0 fully saturated rings. The van der Waals surface area contributed by atoms with E-state index < -0.39 is 15.6 Å².